The fourth-order valence-electron chi connectivity index (χ4n) is 4.41. The second kappa shape index (κ2) is 10.7. The highest BCUT2D eigenvalue weighted by Gasteiger charge is 2.35. The lowest BCUT2D eigenvalue weighted by Crippen LogP contribution is -2.51. The monoisotopic (exact) mass is 565 g/mol. The lowest BCUT2D eigenvalue weighted by atomic mass is 9.86. The molecule has 1 N–H and O–H groups in total. The average molecular weight is 566 g/mol. The molecule has 38 heavy (non-hydrogen) atoms. The molecule has 1 atom stereocenters. The normalized spacial score (nSPS) is 18.5. The average Bonchev–Trinajstić information content (AvgIpc) is 3.41. The summed E-state index contributed by atoms with van der Waals surface area (Å²) in [5.74, 6) is 0.343. The summed E-state index contributed by atoms with van der Waals surface area (Å²) < 4.78 is 64.6. The Bertz CT molecular complexity index is 1380. The molecule has 0 spiro atoms. The summed E-state index contributed by atoms with van der Waals surface area (Å²) in [7, 11) is -7.14. The number of ether oxygens (including phenoxy) is 2. The number of amides is 1. The van der Waals surface area contributed by atoms with Gasteiger partial charge in [-0.2, -0.15) is 4.31 Å². The third-order valence-corrected chi connectivity index (χ3v) is 9.64. The fourth-order valence-corrected chi connectivity index (χ4v) is 6.83. The summed E-state index contributed by atoms with van der Waals surface area (Å²) >= 11 is 0. The van der Waals surface area contributed by atoms with E-state index in [0.717, 1.165) is 24.7 Å². The highest BCUT2D eigenvalue weighted by Crippen LogP contribution is 2.38. The number of hydrogen-bond acceptors (Lipinski definition) is 7. The van der Waals surface area contributed by atoms with Crippen molar-refractivity contribution in [2.24, 2.45) is 0 Å². The first-order chi connectivity index (χ1) is 17.8. The van der Waals surface area contributed by atoms with Crippen LogP contribution < -0.4 is 19.1 Å². The van der Waals surface area contributed by atoms with Gasteiger partial charge in [-0.25, -0.2) is 16.8 Å². The predicted octanol–water partition coefficient (Wildman–Crippen LogP) is 2.49. The van der Waals surface area contributed by atoms with Crippen molar-refractivity contribution in [2.75, 3.05) is 43.3 Å². The number of carbonyl (C=O) groups is 1. The van der Waals surface area contributed by atoms with Crippen LogP contribution in [0.25, 0.3) is 0 Å². The second-order valence-electron chi connectivity index (χ2n) is 10.6. The zero-order chi connectivity index (χ0) is 27.7. The molecule has 2 aliphatic rings. The number of carbonyl (C=O) groups excluding carboxylic acids is 1. The Morgan fingerprint density at radius 3 is 2.32 bits per heavy atom. The van der Waals surface area contributed by atoms with Crippen LogP contribution in [0.15, 0.2) is 47.4 Å². The highest BCUT2D eigenvalue weighted by atomic mass is 32.2. The van der Waals surface area contributed by atoms with E-state index in [0.29, 0.717) is 30.3 Å². The standard InChI is InChI=1S/C26H35N3O7S2/c1-26(2,3)19-7-12-23-22(17-19)29(37(4,31)32)18-24(36-23)25(30)27-13-16-35-20-8-10-21(11-9-20)38(33,34)28-14-5-6-15-28/h7-12,17,24H,5-6,13-16,18H2,1-4H3,(H,27,30). The van der Waals surface area contributed by atoms with Gasteiger partial charge in [0.1, 0.15) is 18.1 Å². The van der Waals surface area contributed by atoms with Crippen LogP contribution in [-0.4, -0.2) is 72.2 Å². The molecule has 0 aliphatic carbocycles. The first-order valence-electron chi connectivity index (χ1n) is 12.6. The molecule has 208 valence electrons. The summed E-state index contributed by atoms with van der Waals surface area (Å²) in [6.45, 7) is 7.33. The first-order valence-corrected chi connectivity index (χ1v) is 15.9. The van der Waals surface area contributed by atoms with Gasteiger partial charge in [-0.1, -0.05) is 26.8 Å². The number of hydrogen-bond donors (Lipinski definition) is 1. The lowest BCUT2D eigenvalue weighted by Gasteiger charge is -2.35. The Kier molecular flexibility index (Phi) is 7.96. The van der Waals surface area contributed by atoms with Crippen molar-refractivity contribution in [1.82, 2.24) is 9.62 Å². The van der Waals surface area contributed by atoms with E-state index in [9.17, 15) is 21.6 Å². The third kappa shape index (κ3) is 6.24. The van der Waals surface area contributed by atoms with Crippen molar-refractivity contribution in [3.8, 4) is 11.5 Å². The molecule has 0 radical (unpaired) electrons. The smallest absolute Gasteiger partial charge is 0.263 e. The van der Waals surface area contributed by atoms with Gasteiger partial charge in [0.2, 0.25) is 20.0 Å². The summed E-state index contributed by atoms with van der Waals surface area (Å²) in [5.41, 5.74) is 1.19. The molecule has 1 saturated heterocycles. The van der Waals surface area contributed by atoms with Crippen molar-refractivity contribution >= 4 is 31.6 Å². The van der Waals surface area contributed by atoms with Gasteiger partial charge in [0.15, 0.2) is 6.10 Å². The molecule has 0 bridgehead atoms. The SMILES string of the molecule is CC(C)(C)c1ccc2c(c1)N(S(C)(=O)=O)CC(C(=O)NCCOc1ccc(S(=O)(=O)N3CCCC3)cc1)O2. The zero-order valence-corrected chi connectivity index (χ0v) is 23.8. The molecular weight excluding hydrogens is 530 g/mol. The van der Waals surface area contributed by atoms with Gasteiger partial charge in [0, 0.05) is 13.1 Å². The molecule has 1 unspecified atom stereocenters. The Morgan fingerprint density at radius 1 is 1.05 bits per heavy atom. The van der Waals surface area contributed by atoms with E-state index in [2.05, 4.69) is 5.32 Å². The van der Waals surface area contributed by atoms with E-state index in [1.165, 1.54) is 20.7 Å². The minimum Gasteiger partial charge on any atom is -0.492 e. The van der Waals surface area contributed by atoms with Crippen LogP contribution in [0.2, 0.25) is 0 Å². The second-order valence-corrected chi connectivity index (χ2v) is 14.4. The van der Waals surface area contributed by atoms with Crippen LogP contribution in [0.4, 0.5) is 5.69 Å². The van der Waals surface area contributed by atoms with E-state index in [4.69, 9.17) is 9.47 Å². The molecule has 0 aromatic heterocycles. The zero-order valence-electron chi connectivity index (χ0n) is 22.1. The van der Waals surface area contributed by atoms with E-state index in [-0.39, 0.29) is 30.0 Å². The summed E-state index contributed by atoms with van der Waals surface area (Å²) in [6.07, 6.45) is 1.83. The van der Waals surface area contributed by atoms with Gasteiger partial charge < -0.3 is 14.8 Å². The van der Waals surface area contributed by atoms with Gasteiger partial charge in [0.25, 0.3) is 5.91 Å². The number of benzene rings is 2. The number of nitrogens with one attached hydrogen (secondary N) is 1. The molecule has 12 heteroatoms. The van der Waals surface area contributed by atoms with E-state index < -0.39 is 32.1 Å². The van der Waals surface area contributed by atoms with Crippen molar-refractivity contribution < 1.29 is 31.1 Å². The molecule has 1 fully saturated rings. The topological polar surface area (TPSA) is 122 Å². The fraction of sp³-hybridized carbons (Fsp3) is 0.500. The van der Waals surface area contributed by atoms with Crippen molar-refractivity contribution in [2.45, 2.75) is 50.0 Å². The first kappa shape index (κ1) is 28.2. The number of fused-ring (bicyclic) bond motifs is 1. The largest absolute Gasteiger partial charge is 0.492 e. The summed E-state index contributed by atoms with van der Waals surface area (Å²) in [6, 6.07) is 11.6. The van der Waals surface area contributed by atoms with Crippen molar-refractivity contribution in [3.63, 3.8) is 0 Å². The van der Waals surface area contributed by atoms with E-state index >= 15 is 0 Å². The molecule has 2 aromatic rings. The minimum atomic E-state index is -3.65. The Balaban J connectivity index is 1.34. The van der Waals surface area contributed by atoms with E-state index in [1.807, 2.05) is 26.8 Å². The molecular formula is C26H35N3O7S2. The quantitative estimate of drug-likeness (QED) is 0.488. The van der Waals surface area contributed by atoms with Crippen molar-refractivity contribution in [1.29, 1.82) is 0 Å². The lowest BCUT2D eigenvalue weighted by molar-refractivity contribution is -0.127. The summed E-state index contributed by atoms with van der Waals surface area (Å²) in [4.78, 5) is 13.0. The number of rotatable bonds is 8. The van der Waals surface area contributed by atoms with Gasteiger partial charge in [0.05, 0.1) is 29.9 Å². The minimum absolute atomic E-state index is 0.137. The van der Waals surface area contributed by atoms with E-state index in [1.54, 1.807) is 24.3 Å². The van der Waals surface area contributed by atoms with Gasteiger partial charge in [-0.15, -0.1) is 0 Å². The number of sulfonamides is 2. The van der Waals surface area contributed by atoms with Gasteiger partial charge in [-0.05, 0) is 60.2 Å². The van der Waals surface area contributed by atoms with Crippen LogP contribution in [0.5, 0.6) is 11.5 Å². The molecule has 0 saturated carbocycles. The van der Waals surface area contributed by atoms with Gasteiger partial charge in [-0.3, -0.25) is 9.10 Å². The van der Waals surface area contributed by atoms with Crippen LogP contribution in [0.1, 0.15) is 39.2 Å². The van der Waals surface area contributed by atoms with Crippen LogP contribution >= 0.6 is 0 Å². The Morgan fingerprint density at radius 2 is 1.71 bits per heavy atom. The van der Waals surface area contributed by atoms with Crippen LogP contribution in [0, 0.1) is 0 Å². The van der Waals surface area contributed by atoms with Crippen LogP contribution in [0.3, 0.4) is 0 Å². The third-order valence-electron chi connectivity index (χ3n) is 6.58. The molecule has 2 heterocycles. The van der Waals surface area contributed by atoms with Crippen LogP contribution in [-0.2, 0) is 30.3 Å². The predicted molar refractivity (Wildman–Crippen MR) is 145 cm³/mol. The molecule has 1 amide bonds. The Hall–Kier alpha value is -2.83. The molecule has 10 nitrogen and oxygen atoms in total. The van der Waals surface area contributed by atoms with Gasteiger partial charge >= 0.3 is 0 Å². The highest BCUT2D eigenvalue weighted by molar-refractivity contribution is 7.92. The summed E-state index contributed by atoms with van der Waals surface area (Å²) in [5, 5.41) is 2.72. The number of anilines is 1. The van der Waals surface area contributed by atoms with Crippen molar-refractivity contribution in [3.05, 3.63) is 48.0 Å². The maximum absolute atomic E-state index is 12.8. The molecule has 2 aromatic carbocycles. The molecule has 4 rings (SSSR count). The number of nitrogens with zero attached hydrogens (tertiary/aromatic N) is 2. The maximum atomic E-state index is 12.8. The Labute approximate surface area is 225 Å². The maximum Gasteiger partial charge on any atom is 0.263 e. The molecule has 2 aliphatic heterocycles.